The minimum atomic E-state index is -0.0955. The van der Waals surface area contributed by atoms with Gasteiger partial charge in [-0.3, -0.25) is 9.59 Å². The summed E-state index contributed by atoms with van der Waals surface area (Å²) in [6, 6.07) is 5.15. The van der Waals surface area contributed by atoms with E-state index in [1.807, 2.05) is 0 Å². The topological polar surface area (TPSA) is 68.3 Å². The lowest BCUT2D eigenvalue weighted by Crippen LogP contribution is -2.50. The summed E-state index contributed by atoms with van der Waals surface area (Å²) >= 11 is 0. The van der Waals surface area contributed by atoms with Crippen LogP contribution < -0.4 is 9.47 Å². The van der Waals surface area contributed by atoms with Gasteiger partial charge in [0.25, 0.3) is 5.91 Å². The molecule has 1 aromatic rings. The minimum Gasteiger partial charge on any atom is -0.497 e. The lowest BCUT2D eigenvalue weighted by molar-refractivity contribution is -0.133. The van der Waals surface area contributed by atoms with Crippen LogP contribution in [0.1, 0.15) is 30.6 Å². The van der Waals surface area contributed by atoms with E-state index in [2.05, 4.69) is 13.8 Å². The fourth-order valence-electron chi connectivity index (χ4n) is 2.94. The predicted molar refractivity (Wildman–Crippen MR) is 102 cm³/mol. The molecule has 0 unspecified atom stereocenters. The average Bonchev–Trinajstić information content (AvgIpc) is 2.69. The molecular formula is C20H30N2O5. The number of benzene rings is 1. The molecule has 27 heavy (non-hydrogen) atoms. The molecule has 0 radical (unpaired) electrons. The molecule has 1 aromatic carbocycles. The molecule has 7 heteroatoms. The second-order valence-corrected chi connectivity index (χ2v) is 6.96. The quantitative estimate of drug-likeness (QED) is 0.648. The Balaban J connectivity index is 1.86. The molecule has 0 bridgehead atoms. The lowest BCUT2D eigenvalue weighted by Gasteiger charge is -2.35. The highest BCUT2D eigenvalue weighted by atomic mass is 16.5. The number of methoxy groups -OCH3 is 2. The van der Waals surface area contributed by atoms with E-state index in [9.17, 15) is 9.59 Å². The van der Waals surface area contributed by atoms with Crippen molar-refractivity contribution in [3.05, 3.63) is 23.8 Å². The van der Waals surface area contributed by atoms with Crippen molar-refractivity contribution in [1.82, 2.24) is 9.80 Å². The molecule has 0 saturated carbocycles. The Hall–Kier alpha value is -2.28. The van der Waals surface area contributed by atoms with Gasteiger partial charge in [0, 0.05) is 38.9 Å². The maximum Gasteiger partial charge on any atom is 0.257 e. The van der Waals surface area contributed by atoms with Crippen LogP contribution in [0.4, 0.5) is 0 Å². The van der Waals surface area contributed by atoms with Crippen molar-refractivity contribution in [2.45, 2.75) is 20.3 Å². The van der Waals surface area contributed by atoms with Crippen molar-refractivity contribution in [2.75, 3.05) is 53.6 Å². The second kappa shape index (κ2) is 10.2. The summed E-state index contributed by atoms with van der Waals surface area (Å²) in [5.74, 6) is 1.57. The maximum absolute atomic E-state index is 12.8. The molecule has 1 aliphatic heterocycles. The molecule has 1 aliphatic rings. The van der Waals surface area contributed by atoms with Gasteiger partial charge in [0.05, 0.1) is 32.8 Å². The van der Waals surface area contributed by atoms with Gasteiger partial charge in [0.2, 0.25) is 5.91 Å². The first-order chi connectivity index (χ1) is 13.0. The lowest BCUT2D eigenvalue weighted by atomic mass is 10.1. The molecule has 0 N–H and O–H groups in total. The molecular weight excluding hydrogens is 348 g/mol. The third kappa shape index (κ3) is 5.85. The van der Waals surface area contributed by atoms with E-state index in [-0.39, 0.29) is 11.8 Å². The van der Waals surface area contributed by atoms with Crippen LogP contribution in [0.3, 0.4) is 0 Å². The normalized spacial score (nSPS) is 14.4. The van der Waals surface area contributed by atoms with Crippen LogP contribution in [0, 0.1) is 5.92 Å². The van der Waals surface area contributed by atoms with Gasteiger partial charge in [-0.2, -0.15) is 0 Å². The molecule has 0 aromatic heterocycles. The van der Waals surface area contributed by atoms with E-state index in [4.69, 9.17) is 14.2 Å². The van der Waals surface area contributed by atoms with Crippen molar-refractivity contribution >= 4 is 11.8 Å². The standard InChI is InChI=1S/C20H30N2O5/c1-15(2)14-27-12-7-19(23)21-8-10-22(11-9-21)20(24)17-6-5-16(25-3)13-18(17)26-4/h5-6,13,15H,7-12,14H2,1-4H3. The Labute approximate surface area is 161 Å². The summed E-state index contributed by atoms with van der Waals surface area (Å²) < 4.78 is 16.0. The van der Waals surface area contributed by atoms with Crippen LogP contribution >= 0.6 is 0 Å². The van der Waals surface area contributed by atoms with Crippen molar-refractivity contribution in [1.29, 1.82) is 0 Å². The number of ether oxygens (including phenoxy) is 3. The number of amides is 2. The minimum absolute atomic E-state index is 0.0767. The first-order valence-electron chi connectivity index (χ1n) is 9.33. The van der Waals surface area contributed by atoms with E-state index >= 15 is 0 Å². The zero-order chi connectivity index (χ0) is 19.8. The highest BCUT2D eigenvalue weighted by molar-refractivity contribution is 5.97. The Morgan fingerprint density at radius 2 is 1.70 bits per heavy atom. The Morgan fingerprint density at radius 1 is 1.04 bits per heavy atom. The van der Waals surface area contributed by atoms with E-state index in [1.165, 1.54) is 7.11 Å². The van der Waals surface area contributed by atoms with Crippen LogP contribution in [0.25, 0.3) is 0 Å². The van der Waals surface area contributed by atoms with E-state index in [0.717, 1.165) is 0 Å². The molecule has 150 valence electrons. The number of nitrogens with zero attached hydrogens (tertiary/aromatic N) is 2. The van der Waals surface area contributed by atoms with E-state index in [0.29, 0.717) is 68.8 Å². The summed E-state index contributed by atoms with van der Waals surface area (Å²) in [5.41, 5.74) is 0.500. The molecule has 1 saturated heterocycles. The van der Waals surface area contributed by atoms with Gasteiger partial charge in [0.1, 0.15) is 11.5 Å². The summed E-state index contributed by atoms with van der Waals surface area (Å²) in [4.78, 5) is 28.6. The summed E-state index contributed by atoms with van der Waals surface area (Å²) in [6.07, 6.45) is 0.382. The molecule has 2 rings (SSSR count). The van der Waals surface area contributed by atoms with Gasteiger partial charge >= 0.3 is 0 Å². The van der Waals surface area contributed by atoms with Gasteiger partial charge in [-0.05, 0) is 18.1 Å². The van der Waals surface area contributed by atoms with Gasteiger partial charge < -0.3 is 24.0 Å². The highest BCUT2D eigenvalue weighted by Gasteiger charge is 2.26. The fourth-order valence-corrected chi connectivity index (χ4v) is 2.94. The Bertz CT molecular complexity index is 639. The average molecular weight is 378 g/mol. The van der Waals surface area contributed by atoms with Crippen LogP contribution in [-0.4, -0.2) is 75.2 Å². The van der Waals surface area contributed by atoms with Crippen molar-refractivity contribution in [3.8, 4) is 11.5 Å². The number of hydrogen-bond acceptors (Lipinski definition) is 5. The Morgan fingerprint density at radius 3 is 2.30 bits per heavy atom. The zero-order valence-electron chi connectivity index (χ0n) is 16.7. The first-order valence-corrected chi connectivity index (χ1v) is 9.33. The van der Waals surface area contributed by atoms with E-state index < -0.39 is 0 Å². The number of carbonyl (C=O) groups is 2. The number of carbonyl (C=O) groups excluding carboxylic acids is 2. The SMILES string of the molecule is COc1ccc(C(=O)N2CCN(C(=O)CCOCC(C)C)CC2)c(OC)c1. The molecule has 1 heterocycles. The van der Waals surface area contributed by atoms with Gasteiger partial charge in [-0.15, -0.1) is 0 Å². The highest BCUT2D eigenvalue weighted by Crippen LogP contribution is 2.26. The largest absolute Gasteiger partial charge is 0.497 e. The third-order valence-electron chi connectivity index (χ3n) is 4.47. The molecule has 1 fully saturated rings. The zero-order valence-corrected chi connectivity index (χ0v) is 16.7. The molecule has 0 spiro atoms. The fraction of sp³-hybridized carbons (Fsp3) is 0.600. The maximum atomic E-state index is 12.8. The van der Waals surface area contributed by atoms with Gasteiger partial charge in [-0.1, -0.05) is 13.8 Å². The third-order valence-corrected chi connectivity index (χ3v) is 4.47. The molecule has 0 aliphatic carbocycles. The first kappa shape index (κ1) is 21.0. The van der Waals surface area contributed by atoms with Crippen LogP contribution in [0.5, 0.6) is 11.5 Å². The van der Waals surface area contributed by atoms with Crippen LogP contribution in [0.2, 0.25) is 0 Å². The molecule has 0 atom stereocenters. The summed E-state index contributed by atoms with van der Waals surface area (Å²) in [7, 11) is 3.10. The van der Waals surface area contributed by atoms with Crippen LogP contribution in [0.15, 0.2) is 18.2 Å². The van der Waals surface area contributed by atoms with Gasteiger partial charge in [0.15, 0.2) is 0 Å². The molecule has 2 amide bonds. The Kier molecular flexibility index (Phi) is 7.91. The van der Waals surface area contributed by atoms with Crippen molar-refractivity contribution in [2.24, 2.45) is 5.92 Å². The monoisotopic (exact) mass is 378 g/mol. The van der Waals surface area contributed by atoms with Gasteiger partial charge in [-0.25, -0.2) is 0 Å². The summed E-state index contributed by atoms with van der Waals surface area (Å²) in [6.45, 7) is 7.35. The van der Waals surface area contributed by atoms with E-state index in [1.54, 1.807) is 35.1 Å². The number of hydrogen-bond donors (Lipinski definition) is 0. The second-order valence-electron chi connectivity index (χ2n) is 6.96. The predicted octanol–water partition coefficient (Wildman–Crippen LogP) is 2.05. The number of rotatable bonds is 8. The van der Waals surface area contributed by atoms with Crippen molar-refractivity contribution < 1.29 is 23.8 Å². The summed E-state index contributed by atoms with van der Waals surface area (Å²) in [5, 5.41) is 0. The molecule has 7 nitrogen and oxygen atoms in total. The number of piperazine rings is 1. The van der Waals surface area contributed by atoms with Crippen molar-refractivity contribution in [3.63, 3.8) is 0 Å². The van der Waals surface area contributed by atoms with Crippen LogP contribution in [-0.2, 0) is 9.53 Å². The smallest absolute Gasteiger partial charge is 0.257 e.